The first kappa shape index (κ1) is 14.6. The molecule has 0 radical (unpaired) electrons. The van der Waals surface area contributed by atoms with Crippen molar-refractivity contribution in [1.29, 1.82) is 0 Å². The van der Waals surface area contributed by atoms with Gasteiger partial charge in [0, 0.05) is 5.69 Å². The molecule has 0 unspecified atom stereocenters. The van der Waals surface area contributed by atoms with Gasteiger partial charge in [-0.1, -0.05) is 42.5 Å². The van der Waals surface area contributed by atoms with Crippen LogP contribution in [0.25, 0.3) is 11.1 Å². The number of ether oxygens (including phenoxy) is 2. The lowest BCUT2D eigenvalue weighted by Gasteiger charge is -2.07. The van der Waals surface area contributed by atoms with Crippen molar-refractivity contribution < 1.29 is 19.1 Å². The zero-order valence-corrected chi connectivity index (χ0v) is 12.1. The average molecular weight is 310 g/mol. The minimum Gasteiger partial charge on any atom is -0.461 e. The second kappa shape index (κ2) is 6.65. The van der Waals surface area contributed by atoms with Crippen LogP contribution in [0.2, 0.25) is 0 Å². The molecular formula is C17H14N2O4. The molecule has 1 aliphatic heterocycles. The molecule has 1 heterocycles. The van der Waals surface area contributed by atoms with Crippen molar-refractivity contribution in [3.8, 4) is 11.1 Å². The molecule has 0 fully saturated rings. The Labute approximate surface area is 132 Å². The number of amides is 3. The highest BCUT2D eigenvalue weighted by Crippen LogP contribution is 2.20. The van der Waals surface area contributed by atoms with Gasteiger partial charge < -0.3 is 14.8 Å². The number of anilines is 1. The number of hydrogen-bond acceptors (Lipinski definition) is 4. The van der Waals surface area contributed by atoms with Gasteiger partial charge in [-0.2, -0.15) is 0 Å². The molecule has 0 aliphatic carbocycles. The molecule has 3 rings (SSSR count). The van der Waals surface area contributed by atoms with E-state index in [0.717, 1.165) is 17.4 Å². The summed E-state index contributed by atoms with van der Waals surface area (Å²) in [5.41, 5.74) is 2.70. The molecule has 0 aromatic heterocycles. The van der Waals surface area contributed by atoms with Crippen LogP contribution in [0.5, 0.6) is 0 Å². The van der Waals surface area contributed by atoms with Crippen molar-refractivity contribution in [2.75, 3.05) is 12.1 Å². The van der Waals surface area contributed by atoms with Crippen LogP contribution in [-0.4, -0.2) is 18.7 Å². The summed E-state index contributed by atoms with van der Waals surface area (Å²) in [4.78, 5) is 23.4. The number of carbonyl (C=O) groups excluding carboxylic acids is 2. The van der Waals surface area contributed by atoms with Gasteiger partial charge in [-0.25, -0.2) is 4.79 Å². The fourth-order valence-electron chi connectivity index (χ4n) is 2.06. The highest BCUT2D eigenvalue weighted by atomic mass is 16.7. The van der Waals surface area contributed by atoms with Gasteiger partial charge >= 0.3 is 6.03 Å². The maximum Gasteiger partial charge on any atom is 0.326 e. The molecule has 6 nitrogen and oxygen atoms in total. The summed E-state index contributed by atoms with van der Waals surface area (Å²) < 4.78 is 9.63. The molecule has 2 aromatic carbocycles. The Hall–Kier alpha value is -3.28. The van der Waals surface area contributed by atoms with Gasteiger partial charge in [0.2, 0.25) is 12.6 Å². The van der Waals surface area contributed by atoms with Crippen molar-refractivity contribution in [3.05, 3.63) is 66.6 Å². The maximum absolute atomic E-state index is 11.8. The van der Waals surface area contributed by atoms with E-state index in [-0.39, 0.29) is 12.6 Å². The lowest BCUT2D eigenvalue weighted by atomic mass is 10.1. The SMILES string of the molecule is O=C(NC(=O)C1=COCO1)Nc1ccc(-c2ccccc2)cc1. The molecule has 1 aliphatic rings. The molecule has 2 aromatic rings. The van der Waals surface area contributed by atoms with E-state index in [4.69, 9.17) is 9.47 Å². The maximum atomic E-state index is 11.8. The van der Waals surface area contributed by atoms with E-state index in [1.807, 2.05) is 42.5 Å². The Morgan fingerprint density at radius 2 is 1.61 bits per heavy atom. The summed E-state index contributed by atoms with van der Waals surface area (Å²) >= 11 is 0. The monoisotopic (exact) mass is 310 g/mol. The third kappa shape index (κ3) is 3.68. The first-order valence-corrected chi connectivity index (χ1v) is 6.95. The summed E-state index contributed by atoms with van der Waals surface area (Å²) in [5, 5.41) is 4.73. The topological polar surface area (TPSA) is 76.7 Å². The molecule has 0 saturated carbocycles. The normalized spacial score (nSPS) is 12.6. The molecule has 0 spiro atoms. The van der Waals surface area contributed by atoms with Gasteiger partial charge in [0.05, 0.1) is 0 Å². The quantitative estimate of drug-likeness (QED) is 0.914. The van der Waals surface area contributed by atoms with E-state index in [1.165, 1.54) is 0 Å². The van der Waals surface area contributed by atoms with E-state index < -0.39 is 11.9 Å². The van der Waals surface area contributed by atoms with Crippen LogP contribution < -0.4 is 10.6 Å². The third-order valence-corrected chi connectivity index (χ3v) is 3.17. The lowest BCUT2D eigenvalue weighted by molar-refractivity contribution is -0.119. The van der Waals surface area contributed by atoms with Crippen LogP contribution in [0.4, 0.5) is 10.5 Å². The summed E-state index contributed by atoms with van der Waals surface area (Å²) in [7, 11) is 0. The summed E-state index contributed by atoms with van der Waals surface area (Å²) in [6.07, 6.45) is 1.16. The molecular weight excluding hydrogens is 296 g/mol. The fourth-order valence-corrected chi connectivity index (χ4v) is 2.06. The Balaban J connectivity index is 1.59. The van der Waals surface area contributed by atoms with Gasteiger partial charge in [0.1, 0.15) is 6.26 Å². The molecule has 2 N–H and O–H groups in total. The number of benzene rings is 2. The van der Waals surface area contributed by atoms with Crippen molar-refractivity contribution >= 4 is 17.6 Å². The van der Waals surface area contributed by atoms with Gasteiger partial charge in [0.15, 0.2) is 0 Å². The van der Waals surface area contributed by atoms with Gasteiger partial charge in [0.25, 0.3) is 5.91 Å². The molecule has 0 atom stereocenters. The van der Waals surface area contributed by atoms with Crippen LogP contribution >= 0.6 is 0 Å². The van der Waals surface area contributed by atoms with Crippen LogP contribution in [-0.2, 0) is 14.3 Å². The highest BCUT2D eigenvalue weighted by Gasteiger charge is 2.18. The zero-order valence-electron chi connectivity index (χ0n) is 12.1. The molecule has 116 valence electrons. The Morgan fingerprint density at radius 3 is 2.26 bits per heavy atom. The van der Waals surface area contributed by atoms with Crippen molar-refractivity contribution in [2.45, 2.75) is 0 Å². The minimum atomic E-state index is -0.652. The predicted molar refractivity (Wildman–Crippen MR) is 84.2 cm³/mol. The standard InChI is InChI=1S/C17H14N2O4/c20-16(15-10-22-11-23-15)19-17(21)18-14-8-6-13(7-9-14)12-4-2-1-3-5-12/h1-10H,11H2,(H2,18,19,20,21). The Bertz CT molecular complexity index is 739. The number of carbonyl (C=O) groups is 2. The first-order chi connectivity index (χ1) is 11.2. The van der Waals surface area contributed by atoms with E-state index in [9.17, 15) is 9.59 Å². The van der Waals surface area contributed by atoms with Crippen molar-refractivity contribution in [3.63, 3.8) is 0 Å². The molecule has 23 heavy (non-hydrogen) atoms. The number of nitrogens with one attached hydrogen (secondary N) is 2. The number of hydrogen-bond donors (Lipinski definition) is 2. The molecule has 3 amide bonds. The second-order valence-electron chi connectivity index (χ2n) is 4.76. The summed E-state index contributed by atoms with van der Waals surface area (Å²) in [6, 6.07) is 16.6. The van der Waals surface area contributed by atoms with Crippen LogP contribution in [0, 0.1) is 0 Å². The van der Waals surface area contributed by atoms with Crippen LogP contribution in [0.1, 0.15) is 0 Å². The Morgan fingerprint density at radius 1 is 0.913 bits per heavy atom. The zero-order chi connectivity index (χ0) is 16.1. The summed E-state index contributed by atoms with van der Waals surface area (Å²) in [5.74, 6) is -0.680. The molecule has 0 saturated heterocycles. The molecule has 6 heteroatoms. The largest absolute Gasteiger partial charge is 0.461 e. The van der Waals surface area contributed by atoms with E-state index in [1.54, 1.807) is 12.1 Å². The van der Waals surface area contributed by atoms with Crippen LogP contribution in [0.3, 0.4) is 0 Å². The number of rotatable bonds is 3. The van der Waals surface area contributed by atoms with E-state index in [2.05, 4.69) is 10.6 Å². The fraction of sp³-hybridized carbons (Fsp3) is 0.0588. The number of urea groups is 1. The average Bonchev–Trinajstić information content (AvgIpc) is 3.11. The minimum absolute atomic E-state index is 0.0225. The highest BCUT2D eigenvalue weighted by molar-refractivity contribution is 6.06. The van der Waals surface area contributed by atoms with Gasteiger partial charge in [-0.3, -0.25) is 10.1 Å². The number of imide groups is 1. The van der Waals surface area contributed by atoms with Crippen molar-refractivity contribution in [1.82, 2.24) is 5.32 Å². The summed E-state index contributed by atoms with van der Waals surface area (Å²) in [6.45, 7) is -0.0225. The van der Waals surface area contributed by atoms with E-state index in [0.29, 0.717) is 5.69 Å². The second-order valence-corrected chi connectivity index (χ2v) is 4.76. The molecule has 0 bridgehead atoms. The van der Waals surface area contributed by atoms with Crippen LogP contribution in [0.15, 0.2) is 66.6 Å². The smallest absolute Gasteiger partial charge is 0.326 e. The van der Waals surface area contributed by atoms with Gasteiger partial charge in [-0.15, -0.1) is 0 Å². The van der Waals surface area contributed by atoms with Gasteiger partial charge in [-0.05, 0) is 23.3 Å². The van der Waals surface area contributed by atoms with Crippen molar-refractivity contribution in [2.24, 2.45) is 0 Å². The Kier molecular flexibility index (Phi) is 4.24. The lowest BCUT2D eigenvalue weighted by Crippen LogP contribution is -2.35. The third-order valence-electron chi connectivity index (χ3n) is 3.17. The first-order valence-electron chi connectivity index (χ1n) is 6.95. The van der Waals surface area contributed by atoms with E-state index >= 15 is 0 Å². The predicted octanol–water partition coefficient (Wildman–Crippen LogP) is 2.85.